The molecule has 1 N–H and O–H groups in total. The largest absolute Gasteiger partial charge is 0.353 e. The van der Waals surface area contributed by atoms with E-state index in [9.17, 15) is 9.59 Å². The Morgan fingerprint density at radius 2 is 2.08 bits per heavy atom. The van der Waals surface area contributed by atoms with Crippen LogP contribution in [-0.4, -0.2) is 47.8 Å². The van der Waals surface area contributed by atoms with E-state index in [1.54, 1.807) is 11.3 Å². The van der Waals surface area contributed by atoms with E-state index in [4.69, 9.17) is 0 Å². The van der Waals surface area contributed by atoms with Crippen LogP contribution in [0.2, 0.25) is 0 Å². The van der Waals surface area contributed by atoms with Gasteiger partial charge < -0.3 is 10.2 Å². The van der Waals surface area contributed by atoms with E-state index >= 15 is 0 Å². The van der Waals surface area contributed by atoms with Gasteiger partial charge in [-0.25, -0.2) is 4.68 Å². The lowest BCUT2D eigenvalue weighted by Crippen LogP contribution is -2.40. The summed E-state index contributed by atoms with van der Waals surface area (Å²) in [5, 5.41) is 8.98. The Hall–Kier alpha value is -2.25. The highest BCUT2D eigenvalue weighted by atomic mass is 32.1. The molecule has 0 aliphatic rings. The van der Waals surface area contributed by atoms with Crippen molar-refractivity contribution in [2.45, 2.75) is 26.3 Å². The molecular weight excluding hydrogens is 348 g/mol. The monoisotopic (exact) mass is 372 g/mol. The summed E-state index contributed by atoms with van der Waals surface area (Å²) in [4.78, 5) is 27.8. The number of carbonyl (C=O) groups excluding carboxylic acids is 1. The fraction of sp³-hybridized carbons (Fsp3) is 0.421. The van der Waals surface area contributed by atoms with Crippen molar-refractivity contribution in [1.82, 2.24) is 20.0 Å². The first-order chi connectivity index (χ1) is 12.4. The van der Waals surface area contributed by atoms with Crippen LogP contribution in [0, 0.1) is 6.92 Å². The number of likely N-dealkylation sites (N-methyl/N-ethyl adjacent to an activating group) is 1. The average Bonchev–Trinajstić information content (AvgIpc) is 3.00. The van der Waals surface area contributed by atoms with Crippen LogP contribution in [0.1, 0.15) is 25.1 Å². The van der Waals surface area contributed by atoms with Gasteiger partial charge in [0, 0.05) is 23.2 Å². The molecule has 0 fully saturated rings. The Bertz CT molecular complexity index is 1010. The number of benzene rings is 1. The minimum Gasteiger partial charge on any atom is -0.353 e. The highest BCUT2D eigenvalue weighted by Crippen LogP contribution is 2.33. The van der Waals surface area contributed by atoms with Crippen molar-refractivity contribution in [2.75, 3.05) is 27.2 Å². The summed E-state index contributed by atoms with van der Waals surface area (Å²) in [7, 11) is 3.91. The van der Waals surface area contributed by atoms with E-state index in [1.165, 1.54) is 4.68 Å². The normalized spacial score (nSPS) is 12.8. The Labute approximate surface area is 156 Å². The molecule has 1 aromatic carbocycles. The number of hydrogen-bond acceptors (Lipinski definition) is 5. The van der Waals surface area contributed by atoms with Crippen molar-refractivity contribution < 1.29 is 4.79 Å². The van der Waals surface area contributed by atoms with Gasteiger partial charge in [0.15, 0.2) is 0 Å². The smallest absolute Gasteiger partial charge is 0.276 e. The van der Waals surface area contributed by atoms with Crippen molar-refractivity contribution in [3.8, 4) is 0 Å². The lowest BCUT2D eigenvalue weighted by atomic mass is 10.1. The van der Waals surface area contributed by atoms with Gasteiger partial charge in [0.25, 0.3) is 5.56 Å². The van der Waals surface area contributed by atoms with Crippen LogP contribution in [0.5, 0.6) is 0 Å². The van der Waals surface area contributed by atoms with Crippen LogP contribution in [0.15, 0.2) is 29.1 Å². The molecule has 6 nitrogen and oxygen atoms in total. The molecule has 0 bridgehead atoms. The molecule has 1 atom stereocenters. The van der Waals surface area contributed by atoms with Crippen molar-refractivity contribution >= 4 is 37.4 Å². The Balaban J connectivity index is 2.06. The number of aromatic nitrogens is 2. The van der Waals surface area contributed by atoms with Crippen molar-refractivity contribution in [3.05, 3.63) is 40.3 Å². The van der Waals surface area contributed by atoms with Gasteiger partial charge in [-0.2, -0.15) is 5.10 Å². The summed E-state index contributed by atoms with van der Waals surface area (Å²) < 4.78 is 3.32. The zero-order valence-corrected chi connectivity index (χ0v) is 16.4. The first-order valence-electron chi connectivity index (χ1n) is 8.77. The maximum atomic E-state index is 13.2. The number of carbonyl (C=O) groups is 1. The summed E-state index contributed by atoms with van der Waals surface area (Å²) in [6.45, 7) is 5.08. The van der Waals surface area contributed by atoms with E-state index in [1.807, 2.05) is 57.1 Å². The average molecular weight is 372 g/mol. The molecule has 2 heterocycles. The minimum atomic E-state index is -0.605. The van der Waals surface area contributed by atoms with E-state index in [2.05, 4.69) is 10.4 Å². The molecule has 1 amide bonds. The molecule has 3 rings (SSSR count). The third-order valence-electron chi connectivity index (χ3n) is 4.45. The summed E-state index contributed by atoms with van der Waals surface area (Å²) in [6, 6.07) is 7.25. The lowest BCUT2D eigenvalue weighted by Gasteiger charge is -2.18. The quantitative estimate of drug-likeness (QED) is 0.722. The molecule has 0 saturated carbocycles. The second-order valence-electron chi connectivity index (χ2n) is 6.66. The standard InChI is InChI=1S/C19H24N4O2S/c1-5-14(18(24)20-10-11-22(3)4)23-19(25)16-13-8-6-7-9-15(13)26-17(16)12(2)21-23/h6-9,14H,5,10-11H2,1-4H3,(H,20,24). The molecule has 2 aromatic heterocycles. The summed E-state index contributed by atoms with van der Waals surface area (Å²) in [5.41, 5.74) is 0.581. The first kappa shape index (κ1) is 18.5. The number of fused-ring (bicyclic) bond motifs is 3. The first-order valence-corrected chi connectivity index (χ1v) is 9.58. The van der Waals surface area contributed by atoms with E-state index in [-0.39, 0.29) is 11.5 Å². The minimum absolute atomic E-state index is 0.165. The fourth-order valence-corrected chi connectivity index (χ4v) is 4.22. The third-order valence-corrected chi connectivity index (χ3v) is 5.73. The Morgan fingerprint density at radius 3 is 2.77 bits per heavy atom. The summed E-state index contributed by atoms with van der Waals surface area (Å²) in [6.07, 6.45) is 0.508. The highest BCUT2D eigenvalue weighted by Gasteiger charge is 2.23. The molecule has 0 aliphatic carbocycles. The molecule has 0 spiro atoms. The van der Waals surface area contributed by atoms with Crippen LogP contribution in [0.4, 0.5) is 0 Å². The van der Waals surface area contributed by atoms with Crippen molar-refractivity contribution in [2.24, 2.45) is 0 Å². The van der Waals surface area contributed by atoms with Gasteiger partial charge in [0.05, 0.1) is 15.8 Å². The number of nitrogens with zero attached hydrogens (tertiary/aromatic N) is 3. The summed E-state index contributed by atoms with van der Waals surface area (Å²) >= 11 is 1.57. The highest BCUT2D eigenvalue weighted by molar-refractivity contribution is 7.26. The zero-order valence-electron chi connectivity index (χ0n) is 15.6. The van der Waals surface area contributed by atoms with Gasteiger partial charge >= 0.3 is 0 Å². The molecular formula is C19H24N4O2S. The molecule has 138 valence electrons. The molecule has 3 aromatic rings. The van der Waals surface area contributed by atoms with Gasteiger partial charge in [0.2, 0.25) is 5.91 Å². The number of rotatable bonds is 6. The molecule has 0 saturated heterocycles. The Morgan fingerprint density at radius 1 is 1.35 bits per heavy atom. The van der Waals surface area contributed by atoms with Crippen LogP contribution in [0.25, 0.3) is 20.2 Å². The number of aryl methyl sites for hydroxylation is 1. The van der Waals surface area contributed by atoms with Gasteiger partial charge in [-0.3, -0.25) is 9.59 Å². The SMILES string of the molecule is CCC(C(=O)NCCN(C)C)n1nc(C)c2sc3ccccc3c2c1=O. The fourth-order valence-electron chi connectivity index (χ4n) is 3.08. The molecule has 0 aliphatic heterocycles. The van der Waals surface area contributed by atoms with Gasteiger partial charge in [0.1, 0.15) is 6.04 Å². The molecule has 1 unspecified atom stereocenters. The second-order valence-corrected chi connectivity index (χ2v) is 7.71. The molecule has 0 radical (unpaired) electrons. The predicted octanol–water partition coefficient (Wildman–Crippen LogP) is 2.55. The van der Waals surface area contributed by atoms with E-state index in [0.29, 0.717) is 18.4 Å². The topological polar surface area (TPSA) is 67.2 Å². The maximum Gasteiger partial charge on any atom is 0.276 e. The van der Waals surface area contributed by atoms with Crippen LogP contribution >= 0.6 is 11.3 Å². The van der Waals surface area contributed by atoms with Crippen LogP contribution in [0.3, 0.4) is 0 Å². The summed E-state index contributed by atoms with van der Waals surface area (Å²) in [5.74, 6) is -0.165. The van der Waals surface area contributed by atoms with E-state index in [0.717, 1.165) is 27.0 Å². The van der Waals surface area contributed by atoms with Crippen molar-refractivity contribution in [1.29, 1.82) is 0 Å². The predicted molar refractivity (Wildman–Crippen MR) is 107 cm³/mol. The number of amides is 1. The van der Waals surface area contributed by atoms with Gasteiger partial charge in [-0.1, -0.05) is 25.1 Å². The van der Waals surface area contributed by atoms with Crippen molar-refractivity contribution in [3.63, 3.8) is 0 Å². The lowest BCUT2D eigenvalue weighted by molar-refractivity contribution is -0.124. The van der Waals surface area contributed by atoms with Crippen LogP contribution in [-0.2, 0) is 4.79 Å². The third kappa shape index (κ3) is 3.37. The zero-order chi connectivity index (χ0) is 18.8. The maximum absolute atomic E-state index is 13.2. The number of thiophene rings is 1. The molecule has 7 heteroatoms. The Kier molecular flexibility index (Phi) is 5.38. The van der Waals surface area contributed by atoms with E-state index < -0.39 is 6.04 Å². The number of hydrogen-bond donors (Lipinski definition) is 1. The number of nitrogens with one attached hydrogen (secondary N) is 1. The molecule has 26 heavy (non-hydrogen) atoms. The second kappa shape index (κ2) is 7.55. The van der Waals surface area contributed by atoms with Gasteiger partial charge in [-0.15, -0.1) is 11.3 Å². The van der Waals surface area contributed by atoms with Gasteiger partial charge in [-0.05, 0) is 33.5 Å². The van der Waals surface area contributed by atoms with Crippen LogP contribution < -0.4 is 10.9 Å².